The fraction of sp³-hybridized carbons (Fsp3) is 0.471. The van der Waals surface area contributed by atoms with E-state index in [2.05, 4.69) is 15.5 Å². The minimum absolute atomic E-state index is 0.156. The van der Waals surface area contributed by atoms with Crippen molar-refractivity contribution in [1.82, 2.24) is 15.1 Å². The molecule has 0 spiro atoms. The first-order chi connectivity index (χ1) is 12.2. The van der Waals surface area contributed by atoms with Crippen LogP contribution in [0.25, 0.3) is 0 Å². The van der Waals surface area contributed by atoms with E-state index in [0.29, 0.717) is 18.3 Å². The van der Waals surface area contributed by atoms with Crippen LogP contribution >= 0.6 is 23.1 Å². The zero-order valence-electron chi connectivity index (χ0n) is 14.4. The van der Waals surface area contributed by atoms with Gasteiger partial charge in [0.15, 0.2) is 4.34 Å². The molecule has 8 heteroatoms. The number of ether oxygens (including phenoxy) is 1. The Hall–Kier alpha value is -1.80. The molecule has 1 aromatic heterocycles. The summed E-state index contributed by atoms with van der Waals surface area (Å²) in [6, 6.07) is 8.28. The van der Waals surface area contributed by atoms with E-state index < -0.39 is 0 Å². The number of amides is 1. The molecule has 1 fully saturated rings. The Labute approximate surface area is 156 Å². The van der Waals surface area contributed by atoms with Gasteiger partial charge < -0.3 is 15.0 Å². The second kappa shape index (κ2) is 8.53. The summed E-state index contributed by atoms with van der Waals surface area (Å²) in [6.07, 6.45) is 2.19. The first-order valence-corrected chi connectivity index (χ1v) is 10.1. The summed E-state index contributed by atoms with van der Waals surface area (Å²) in [6.45, 7) is 3.48. The summed E-state index contributed by atoms with van der Waals surface area (Å²) in [5, 5.41) is 12.1. The highest BCUT2D eigenvalue weighted by Gasteiger charge is 2.32. The van der Waals surface area contributed by atoms with Crippen LogP contribution in [-0.4, -0.2) is 46.5 Å². The number of carbonyl (C=O) groups is 1. The van der Waals surface area contributed by atoms with E-state index in [-0.39, 0.29) is 5.91 Å². The van der Waals surface area contributed by atoms with Crippen LogP contribution in [0.15, 0.2) is 28.6 Å². The monoisotopic (exact) mass is 378 g/mol. The van der Waals surface area contributed by atoms with E-state index in [1.165, 1.54) is 23.1 Å². The third-order valence-electron chi connectivity index (χ3n) is 3.87. The highest BCUT2D eigenvalue weighted by molar-refractivity contribution is 8.01. The van der Waals surface area contributed by atoms with Gasteiger partial charge in [0.25, 0.3) is 0 Å². The molecule has 0 atom stereocenters. The molecule has 0 bridgehead atoms. The van der Waals surface area contributed by atoms with E-state index in [0.717, 1.165) is 40.2 Å². The molecule has 25 heavy (non-hydrogen) atoms. The fourth-order valence-electron chi connectivity index (χ4n) is 2.43. The standard InChI is InChI=1S/C17H22N4O2S2/c1-3-18-16-19-20-17(25-16)24-11-15(22)21(13-6-7-13)10-12-4-8-14(23-2)9-5-12/h4-5,8-9,13H,3,6-7,10-11H2,1-2H3,(H,18,19). The van der Waals surface area contributed by atoms with Gasteiger partial charge in [0.2, 0.25) is 11.0 Å². The molecule has 1 heterocycles. The largest absolute Gasteiger partial charge is 0.497 e. The first kappa shape index (κ1) is 18.0. The Bertz CT molecular complexity index is 701. The SMILES string of the molecule is CCNc1nnc(SCC(=O)N(Cc2ccc(OC)cc2)C2CC2)s1. The molecule has 0 unspecified atom stereocenters. The summed E-state index contributed by atoms with van der Waals surface area (Å²) < 4.78 is 6.01. The summed E-state index contributed by atoms with van der Waals surface area (Å²) in [5.74, 6) is 1.38. The van der Waals surface area contributed by atoms with E-state index >= 15 is 0 Å². The van der Waals surface area contributed by atoms with Crippen molar-refractivity contribution in [3.8, 4) is 5.75 Å². The number of methoxy groups -OCH3 is 1. The molecule has 1 saturated carbocycles. The van der Waals surface area contributed by atoms with Crippen molar-refractivity contribution >= 4 is 34.1 Å². The predicted molar refractivity (Wildman–Crippen MR) is 101 cm³/mol. The Kier molecular flexibility index (Phi) is 6.14. The molecule has 134 valence electrons. The maximum absolute atomic E-state index is 12.7. The lowest BCUT2D eigenvalue weighted by Crippen LogP contribution is -2.33. The Morgan fingerprint density at radius 1 is 1.36 bits per heavy atom. The molecule has 2 aromatic rings. The molecule has 0 saturated heterocycles. The van der Waals surface area contributed by atoms with E-state index in [4.69, 9.17) is 4.74 Å². The van der Waals surface area contributed by atoms with Gasteiger partial charge in [-0.05, 0) is 37.5 Å². The quantitative estimate of drug-likeness (QED) is 0.676. The third kappa shape index (κ3) is 5.09. The molecule has 1 aromatic carbocycles. The average Bonchev–Trinajstić information content (AvgIpc) is 3.38. The van der Waals surface area contributed by atoms with Crippen molar-refractivity contribution in [3.05, 3.63) is 29.8 Å². The maximum atomic E-state index is 12.7. The van der Waals surface area contributed by atoms with Crippen LogP contribution in [-0.2, 0) is 11.3 Å². The minimum Gasteiger partial charge on any atom is -0.497 e. The molecule has 0 aliphatic heterocycles. The molecular formula is C17H22N4O2S2. The van der Waals surface area contributed by atoms with Crippen molar-refractivity contribution in [2.75, 3.05) is 24.7 Å². The molecule has 6 nitrogen and oxygen atoms in total. The van der Waals surface area contributed by atoms with Gasteiger partial charge in [-0.25, -0.2) is 0 Å². The Morgan fingerprint density at radius 2 is 2.12 bits per heavy atom. The predicted octanol–water partition coefficient (Wildman–Crippen LogP) is 3.26. The van der Waals surface area contributed by atoms with Crippen LogP contribution in [0, 0.1) is 0 Å². The fourth-order valence-corrected chi connectivity index (χ4v) is 4.14. The van der Waals surface area contributed by atoms with Gasteiger partial charge >= 0.3 is 0 Å². The third-order valence-corrected chi connectivity index (χ3v) is 5.87. The summed E-state index contributed by atoms with van der Waals surface area (Å²) in [7, 11) is 1.65. The van der Waals surface area contributed by atoms with Gasteiger partial charge in [0, 0.05) is 19.1 Å². The number of hydrogen-bond acceptors (Lipinski definition) is 7. The highest BCUT2D eigenvalue weighted by Crippen LogP contribution is 2.31. The zero-order valence-corrected chi connectivity index (χ0v) is 16.0. The van der Waals surface area contributed by atoms with Crippen LogP contribution in [0.3, 0.4) is 0 Å². The second-order valence-corrected chi connectivity index (χ2v) is 7.99. The molecular weight excluding hydrogens is 356 g/mol. The molecule has 1 aliphatic rings. The average molecular weight is 379 g/mol. The lowest BCUT2D eigenvalue weighted by atomic mass is 10.2. The molecule has 1 aliphatic carbocycles. The van der Waals surface area contributed by atoms with Crippen LogP contribution < -0.4 is 10.1 Å². The van der Waals surface area contributed by atoms with Crippen LogP contribution in [0.5, 0.6) is 5.75 Å². The number of benzene rings is 1. The van der Waals surface area contributed by atoms with Gasteiger partial charge in [-0.3, -0.25) is 4.79 Å². The van der Waals surface area contributed by atoms with Crippen molar-refractivity contribution in [2.24, 2.45) is 0 Å². The molecule has 1 amide bonds. The summed E-state index contributed by atoms with van der Waals surface area (Å²) in [4.78, 5) is 14.7. The molecule has 1 N–H and O–H groups in total. The topological polar surface area (TPSA) is 67.4 Å². The molecule has 0 radical (unpaired) electrons. The number of carbonyl (C=O) groups excluding carboxylic acids is 1. The van der Waals surface area contributed by atoms with Crippen LogP contribution in [0.1, 0.15) is 25.3 Å². The first-order valence-electron chi connectivity index (χ1n) is 8.32. The number of aromatic nitrogens is 2. The van der Waals surface area contributed by atoms with Crippen LogP contribution in [0.4, 0.5) is 5.13 Å². The second-order valence-electron chi connectivity index (χ2n) is 5.79. The Balaban J connectivity index is 1.56. The van der Waals surface area contributed by atoms with E-state index in [1.807, 2.05) is 36.1 Å². The zero-order chi connectivity index (χ0) is 17.6. The number of nitrogens with zero attached hydrogens (tertiary/aromatic N) is 3. The van der Waals surface area contributed by atoms with Crippen molar-refractivity contribution in [1.29, 1.82) is 0 Å². The minimum atomic E-state index is 0.156. The van der Waals surface area contributed by atoms with E-state index in [1.54, 1.807) is 7.11 Å². The van der Waals surface area contributed by atoms with Crippen LogP contribution in [0.2, 0.25) is 0 Å². The lowest BCUT2D eigenvalue weighted by molar-refractivity contribution is -0.129. The van der Waals surface area contributed by atoms with Gasteiger partial charge in [-0.1, -0.05) is 35.2 Å². The van der Waals surface area contributed by atoms with E-state index in [9.17, 15) is 4.79 Å². The van der Waals surface area contributed by atoms with Gasteiger partial charge in [-0.15, -0.1) is 10.2 Å². The maximum Gasteiger partial charge on any atom is 0.233 e. The summed E-state index contributed by atoms with van der Waals surface area (Å²) in [5.41, 5.74) is 1.12. The van der Waals surface area contributed by atoms with Crippen molar-refractivity contribution in [3.63, 3.8) is 0 Å². The lowest BCUT2D eigenvalue weighted by Gasteiger charge is -2.22. The van der Waals surface area contributed by atoms with Crippen molar-refractivity contribution < 1.29 is 9.53 Å². The Morgan fingerprint density at radius 3 is 2.76 bits per heavy atom. The normalized spacial score (nSPS) is 13.5. The number of nitrogens with one attached hydrogen (secondary N) is 1. The summed E-state index contributed by atoms with van der Waals surface area (Å²) >= 11 is 2.95. The highest BCUT2D eigenvalue weighted by atomic mass is 32.2. The van der Waals surface area contributed by atoms with Crippen molar-refractivity contribution in [2.45, 2.75) is 36.7 Å². The number of thioether (sulfide) groups is 1. The van der Waals surface area contributed by atoms with Gasteiger partial charge in [-0.2, -0.15) is 0 Å². The number of hydrogen-bond donors (Lipinski definition) is 1. The number of anilines is 1. The van der Waals surface area contributed by atoms with Gasteiger partial charge in [0.05, 0.1) is 12.9 Å². The number of rotatable bonds is 9. The van der Waals surface area contributed by atoms with Gasteiger partial charge in [0.1, 0.15) is 5.75 Å². The molecule has 3 rings (SSSR count). The smallest absolute Gasteiger partial charge is 0.233 e.